The van der Waals surface area contributed by atoms with Crippen molar-refractivity contribution in [3.8, 4) is 17.1 Å². The van der Waals surface area contributed by atoms with E-state index in [1.807, 2.05) is 35.2 Å². The van der Waals surface area contributed by atoms with Gasteiger partial charge >= 0.3 is 0 Å². The minimum absolute atomic E-state index is 0.135. The van der Waals surface area contributed by atoms with E-state index in [1.54, 1.807) is 7.11 Å². The number of carbonyl (C=O) groups is 1. The lowest BCUT2D eigenvalue weighted by Gasteiger charge is -2.38. The van der Waals surface area contributed by atoms with Gasteiger partial charge in [0.25, 0.3) is 0 Å². The van der Waals surface area contributed by atoms with Crippen molar-refractivity contribution in [3.05, 3.63) is 36.0 Å². The van der Waals surface area contributed by atoms with Crippen LogP contribution in [0.2, 0.25) is 0 Å². The molecule has 2 aliphatic heterocycles. The van der Waals surface area contributed by atoms with Gasteiger partial charge in [0, 0.05) is 36.6 Å². The van der Waals surface area contributed by atoms with Crippen molar-refractivity contribution in [2.75, 3.05) is 26.9 Å². The number of piperidine rings is 1. The van der Waals surface area contributed by atoms with E-state index < -0.39 is 0 Å². The van der Waals surface area contributed by atoms with Crippen LogP contribution in [0.15, 0.2) is 34.9 Å². The quantitative estimate of drug-likeness (QED) is 0.855. The highest BCUT2D eigenvalue weighted by Crippen LogP contribution is 2.38. The molecule has 4 rings (SSSR count). The highest BCUT2D eigenvalue weighted by Gasteiger charge is 2.41. The normalized spacial score (nSPS) is 23.4. The smallest absolute Gasteiger partial charge is 0.222 e. The summed E-state index contributed by atoms with van der Waals surface area (Å²) in [5.74, 6) is 1.68. The predicted molar refractivity (Wildman–Crippen MR) is 91.0 cm³/mol. The van der Waals surface area contributed by atoms with E-state index in [4.69, 9.17) is 14.0 Å². The molecule has 0 aliphatic carbocycles. The molecular weight excluding hydrogens is 320 g/mol. The lowest BCUT2D eigenvalue weighted by Crippen LogP contribution is -2.46. The average Bonchev–Trinajstić information content (AvgIpc) is 3.29. The summed E-state index contributed by atoms with van der Waals surface area (Å²) in [5.41, 5.74) is 1.84. The van der Waals surface area contributed by atoms with E-state index in [0.717, 1.165) is 49.6 Å². The van der Waals surface area contributed by atoms with E-state index in [2.05, 4.69) is 5.16 Å². The molecule has 2 aromatic rings. The number of amides is 1. The monoisotopic (exact) mass is 342 g/mol. The van der Waals surface area contributed by atoms with Crippen LogP contribution in [0.1, 0.15) is 25.0 Å². The molecule has 2 saturated heterocycles. The molecule has 1 aromatic carbocycles. The summed E-state index contributed by atoms with van der Waals surface area (Å²) in [6.07, 6.45) is 2.55. The van der Waals surface area contributed by atoms with Gasteiger partial charge in [-0.25, -0.2) is 0 Å². The average molecular weight is 342 g/mol. The third-order valence-electron chi connectivity index (χ3n) is 5.22. The molecule has 6 heteroatoms. The fraction of sp³-hybridized carbons (Fsp3) is 0.474. The van der Waals surface area contributed by atoms with Crippen molar-refractivity contribution in [1.82, 2.24) is 10.1 Å². The molecule has 132 valence electrons. The van der Waals surface area contributed by atoms with Gasteiger partial charge in [0.05, 0.1) is 20.3 Å². The Labute approximate surface area is 146 Å². The molecule has 2 aliphatic rings. The number of carbonyl (C=O) groups excluding carboxylic acids is 1. The third-order valence-corrected chi connectivity index (χ3v) is 5.22. The summed E-state index contributed by atoms with van der Waals surface area (Å²) >= 11 is 0. The lowest BCUT2D eigenvalue weighted by molar-refractivity contribution is -0.138. The van der Waals surface area contributed by atoms with Crippen molar-refractivity contribution >= 4 is 5.91 Å². The maximum atomic E-state index is 12.3. The molecule has 1 spiro atoms. The Morgan fingerprint density at radius 1 is 1.28 bits per heavy atom. The Bertz CT molecular complexity index is 747. The number of rotatable bonds is 4. The molecule has 3 heterocycles. The molecule has 0 saturated carbocycles. The van der Waals surface area contributed by atoms with Crippen molar-refractivity contribution in [2.24, 2.45) is 5.41 Å². The van der Waals surface area contributed by atoms with E-state index in [0.29, 0.717) is 18.7 Å². The molecule has 0 N–H and O–H groups in total. The van der Waals surface area contributed by atoms with Crippen LogP contribution < -0.4 is 4.74 Å². The second kappa shape index (κ2) is 6.52. The maximum Gasteiger partial charge on any atom is 0.222 e. The number of hydrogen-bond acceptors (Lipinski definition) is 5. The molecule has 1 aromatic heterocycles. The first-order valence-corrected chi connectivity index (χ1v) is 8.63. The van der Waals surface area contributed by atoms with Crippen LogP contribution in [-0.4, -0.2) is 42.8 Å². The Balaban J connectivity index is 1.47. The first kappa shape index (κ1) is 16.1. The predicted octanol–water partition coefficient (Wildman–Crippen LogP) is 2.88. The zero-order valence-corrected chi connectivity index (χ0v) is 14.4. The van der Waals surface area contributed by atoms with Crippen LogP contribution in [0.25, 0.3) is 11.3 Å². The summed E-state index contributed by atoms with van der Waals surface area (Å²) in [5, 5.41) is 4.15. The lowest BCUT2D eigenvalue weighted by atomic mass is 9.79. The molecule has 1 atom stereocenters. The topological polar surface area (TPSA) is 64.8 Å². The van der Waals surface area contributed by atoms with Gasteiger partial charge in [-0.1, -0.05) is 5.16 Å². The first-order valence-electron chi connectivity index (χ1n) is 8.63. The number of nitrogens with zero attached hydrogens (tertiary/aromatic N) is 2. The Kier molecular flexibility index (Phi) is 4.21. The number of aromatic nitrogens is 1. The largest absolute Gasteiger partial charge is 0.497 e. The van der Waals surface area contributed by atoms with Gasteiger partial charge in [-0.3, -0.25) is 4.79 Å². The van der Waals surface area contributed by atoms with Gasteiger partial charge in [0.1, 0.15) is 11.4 Å². The minimum atomic E-state index is 0.135. The minimum Gasteiger partial charge on any atom is -0.497 e. The highest BCUT2D eigenvalue weighted by molar-refractivity contribution is 5.77. The molecule has 2 fully saturated rings. The second-order valence-electron chi connectivity index (χ2n) is 6.96. The van der Waals surface area contributed by atoms with Crippen LogP contribution in [0, 0.1) is 5.41 Å². The second-order valence-corrected chi connectivity index (χ2v) is 6.96. The van der Waals surface area contributed by atoms with Crippen molar-refractivity contribution < 1.29 is 18.8 Å². The fourth-order valence-corrected chi connectivity index (χ4v) is 3.69. The Hall–Kier alpha value is -2.34. The fourth-order valence-electron chi connectivity index (χ4n) is 3.69. The number of ether oxygens (including phenoxy) is 2. The van der Waals surface area contributed by atoms with E-state index in [9.17, 15) is 4.79 Å². The van der Waals surface area contributed by atoms with Crippen LogP contribution in [0.4, 0.5) is 0 Å². The van der Waals surface area contributed by atoms with E-state index >= 15 is 0 Å². The number of hydrogen-bond donors (Lipinski definition) is 0. The number of likely N-dealkylation sites (tertiary alicyclic amines) is 1. The molecule has 1 amide bonds. The zero-order chi connectivity index (χ0) is 17.3. The Morgan fingerprint density at radius 2 is 2.12 bits per heavy atom. The van der Waals surface area contributed by atoms with Crippen LogP contribution in [0.5, 0.6) is 5.75 Å². The van der Waals surface area contributed by atoms with Gasteiger partial charge in [-0.05, 0) is 37.1 Å². The summed E-state index contributed by atoms with van der Waals surface area (Å²) < 4.78 is 16.2. The van der Waals surface area contributed by atoms with Gasteiger partial charge < -0.3 is 18.9 Å². The van der Waals surface area contributed by atoms with Crippen LogP contribution >= 0.6 is 0 Å². The van der Waals surface area contributed by atoms with Gasteiger partial charge in [0.15, 0.2) is 5.76 Å². The van der Waals surface area contributed by atoms with Crippen LogP contribution in [-0.2, 0) is 16.1 Å². The number of benzene rings is 1. The zero-order valence-electron chi connectivity index (χ0n) is 14.4. The van der Waals surface area contributed by atoms with Gasteiger partial charge in [0.2, 0.25) is 5.91 Å². The first-order chi connectivity index (χ1) is 12.2. The summed E-state index contributed by atoms with van der Waals surface area (Å²) in [6, 6.07) is 9.53. The molecule has 6 nitrogen and oxygen atoms in total. The third kappa shape index (κ3) is 3.26. The van der Waals surface area contributed by atoms with Crippen molar-refractivity contribution in [1.29, 1.82) is 0 Å². The SMILES string of the molecule is COc1ccc(-c2cc(CN3CC4(CCOC4)CCC3=O)no2)cc1. The highest BCUT2D eigenvalue weighted by atomic mass is 16.5. The van der Waals surface area contributed by atoms with Crippen molar-refractivity contribution in [3.63, 3.8) is 0 Å². The summed E-state index contributed by atoms with van der Waals surface area (Å²) in [6.45, 7) is 2.79. The maximum absolute atomic E-state index is 12.3. The van der Waals surface area contributed by atoms with E-state index in [1.165, 1.54) is 0 Å². The molecule has 25 heavy (non-hydrogen) atoms. The summed E-state index contributed by atoms with van der Waals surface area (Å²) in [7, 11) is 1.64. The number of methoxy groups -OCH3 is 1. The summed E-state index contributed by atoms with van der Waals surface area (Å²) in [4.78, 5) is 14.2. The molecular formula is C19H22N2O4. The molecule has 0 bridgehead atoms. The van der Waals surface area contributed by atoms with E-state index in [-0.39, 0.29) is 11.3 Å². The molecule has 1 unspecified atom stereocenters. The standard InChI is InChI=1S/C19H22N2O4/c1-23-16-4-2-14(3-5-16)17-10-15(20-25-17)11-21-12-19(7-6-18(21)22)8-9-24-13-19/h2-5,10H,6-9,11-13H2,1H3. The van der Waals surface area contributed by atoms with Crippen molar-refractivity contribution in [2.45, 2.75) is 25.8 Å². The van der Waals surface area contributed by atoms with Gasteiger partial charge in [-0.2, -0.15) is 0 Å². The molecule has 0 radical (unpaired) electrons. The van der Waals surface area contributed by atoms with Gasteiger partial charge in [-0.15, -0.1) is 0 Å². The van der Waals surface area contributed by atoms with Crippen LogP contribution in [0.3, 0.4) is 0 Å². The Morgan fingerprint density at radius 3 is 2.84 bits per heavy atom.